The third-order valence-electron chi connectivity index (χ3n) is 3.74. The number of nitriles is 1. The number of thiazole rings is 1. The summed E-state index contributed by atoms with van der Waals surface area (Å²) in [6, 6.07) is 9.77. The maximum Gasteiger partial charge on any atom is 0.228 e. The molecule has 1 aromatic heterocycles. The molecule has 2 rings (SSSR count). The first-order chi connectivity index (χ1) is 11.5. The summed E-state index contributed by atoms with van der Waals surface area (Å²) in [5.41, 5.74) is 1.76. The zero-order valence-electron chi connectivity index (χ0n) is 14.2. The van der Waals surface area contributed by atoms with Crippen molar-refractivity contribution in [2.45, 2.75) is 32.7 Å². The van der Waals surface area contributed by atoms with Gasteiger partial charge in [-0.1, -0.05) is 0 Å². The van der Waals surface area contributed by atoms with Crippen molar-refractivity contribution in [3.05, 3.63) is 35.3 Å². The molecule has 0 aliphatic carbocycles. The molecule has 0 spiro atoms. The van der Waals surface area contributed by atoms with E-state index < -0.39 is 0 Å². The fourth-order valence-corrected chi connectivity index (χ4v) is 3.00. The van der Waals surface area contributed by atoms with Gasteiger partial charge in [0.2, 0.25) is 5.91 Å². The molecule has 0 bridgehead atoms. The Morgan fingerprint density at radius 1 is 1.42 bits per heavy atom. The molecule has 24 heavy (non-hydrogen) atoms. The number of nitrogens with zero attached hydrogens (tertiary/aromatic N) is 3. The van der Waals surface area contributed by atoms with Gasteiger partial charge >= 0.3 is 0 Å². The molecule has 0 saturated heterocycles. The van der Waals surface area contributed by atoms with E-state index in [-0.39, 0.29) is 18.4 Å². The molecule has 2 aromatic rings. The Labute approximate surface area is 146 Å². The maximum absolute atomic E-state index is 12.3. The van der Waals surface area contributed by atoms with E-state index in [4.69, 9.17) is 10.00 Å². The third kappa shape index (κ3) is 4.56. The molecule has 1 amide bonds. The number of benzene rings is 1. The first kappa shape index (κ1) is 18.0. The molecule has 1 atom stereocenters. The van der Waals surface area contributed by atoms with E-state index in [1.807, 2.05) is 43.5 Å². The molecule has 0 N–H and O–H groups in total. The first-order valence-corrected chi connectivity index (χ1v) is 8.73. The van der Waals surface area contributed by atoms with Gasteiger partial charge in [-0.15, -0.1) is 11.3 Å². The van der Waals surface area contributed by atoms with Gasteiger partial charge in [-0.25, -0.2) is 4.98 Å². The molecular weight excluding hydrogens is 322 g/mol. The Morgan fingerprint density at radius 2 is 2.12 bits per heavy atom. The lowest BCUT2D eigenvalue weighted by Crippen LogP contribution is -2.35. The molecule has 6 heteroatoms. The summed E-state index contributed by atoms with van der Waals surface area (Å²) in [6.45, 7) is 4.46. The van der Waals surface area contributed by atoms with Crippen molar-refractivity contribution in [2.24, 2.45) is 0 Å². The summed E-state index contributed by atoms with van der Waals surface area (Å²) in [6.07, 6.45) is 0.580. The Hall–Kier alpha value is -2.39. The van der Waals surface area contributed by atoms with E-state index in [0.717, 1.165) is 22.0 Å². The Kier molecular flexibility index (Phi) is 6.33. The molecule has 0 radical (unpaired) electrons. The third-order valence-corrected chi connectivity index (χ3v) is 4.68. The number of aromatic nitrogens is 1. The molecule has 0 aliphatic heterocycles. The lowest BCUT2D eigenvalue weighted by Gasteiger charge is -2.22. The molecule has 126 valence electrons. The van der Waals surface area contributed by atoms with E-state index in [1.54, 1.807) is 11.9 Å². The van der Waals surface area contributed by atoms with E-state index >= 15 is 0 Å². The number of hydrogen-bond donors (Lipinski definition) is 0. The average Bonchev–Trinajstić information content (AvgIpc) is 3.03. The van der Waals surface area contributed by atoms with Gasteiger partial charge in [-0.2, -0.15) is 5.26 Å². The highest BCUT2D eigenvalue weighted by Gasteiger charge is 2.17. The van der Waals surface area contributed by atoms with Crippen LogP contribution in [0.3, 0.4) is 0 Å². The van der Waals surface area contributed by atoms with Crippen molar-refractivity contribution in [3.63, 3.8) is 0 Å². The topological polar surface area (TPSA) is 66.2 Å². The summed E-state index contributed by atoms with van der Waals surface area (Å²) >= 11 is 1.52. The van der Waals surface area contributed by atoms with Crippen LogP contribution in [0.1, 0.15) is 26.0 Å². The van der Waals surface area contributed by atoms with Gasteiger partial charge in [0.1, 0.15) is 10.8 Å². The standard InChI is InChI=1S/C18H21N3O2S/c1-4-23-16-7-5-14(6-8-16)18-20-15(12-24-18)11-17(22)21(3)13(2)9-10-19/h5-8,12-13H,4,9,11H2,1-3H3/t13-/m1/s1. The highest BCUT2D eigenvalue weighted by molar-refractivity contribution is 7.13. The average molecular weight is 343 g/mol. The van der Waals surface area contributed by atoms with E-state index in [1.165, 1.54) is 11.3 Å². The predicted octanol–water partition coefficient (Wildman–Crippen LogP) is 3.51. The van der Waals surface area contributed by atoms with Gasteiger partial charge in [-0.3, -0.25) is 4.79 Å². The summed E-state index contributed by atoms with van der Waals surface area (Å²) in [7, 11) is 1.73. The van der Waals surface area contributed by atoms with Crippen molar-refractivity contribution in [2.75, 3.05) is 13.7 Å². The smallest absolute Gasteiger partial charge is 0.228 e. The van der Waals surface area contributed by atoms with Crippen molar-refractivity contribution in [1.29, 1.82) is 5.26 Å². The van der Waals surface area contributed by atoms with E-state index in [0.29, 0.717) is 13.0 Å². The van der Waals surface area contributed by atoms with Crippen LogP contribution in [0.25, 0.3) is 10.6 Å². The van der Waals surface area contributed by atoms with Gasteiger partial charge in [-0.05, 0) is 38.1 Å². The monoisotopic (exact) mass is 343 g/mol. The zero-order valence-corrected chi connectivity index (χ0v) is 15.0. The number of carbonyl (C=O) groups excluding carboxylic acids is 1. The second-order valence-electron chi connectivity index (χ2n) is 5.49. The van der Waals surface area contributed by atoms with Crippen molar-refractivity contribution >= 4 is 17.2 Å². The largest absolute Gasteiger partial charge is 0.494 e. The summed E-state index contributed by atoms with van der Waals surface area (Å²) in [5, 5.41) is 11.5. The summed E-state index contributed by atoms with van der Waals surface area (Å²) < 4.78 is 5.43. The van der Waals surface area contributed by atoms with E-state index in [2.05, 4.69) is 11.1 Å². The van der Waals surface area contributed by atoms with Crippen LogP contribution >= 0.6 is 11.3 Å². The number of carbonyl (C=O) groups is 1. The van der Waals surface area contributed by atoms with Gasteiger partial charge in [0.15, 0.2) is 0 Å². The van der Waals surface area contributed by atoms with Crippen molar-refractivity contribution in [1.82, 2.24) is 9.88 Å². The van der Waals surface area contributed by atoms with Crippen LogP contribution in [-0.2, 0) is 11.2 Å². The van der Waals surface area contributed by atoms with Crippen LogP contribution in [0.2, 0.25) is 0 Å². The SMILES string of the molecule is CCOc1ccc(-c2nc(CC(=O)N(C)[C@H](C)CC#N)cs2)cc1. The molecule has 0 saturated carbocycles. The highest BCUT2D eigenvalue weighted by Crippen LogP contribution is 2.26. The number of amides is 1. The van der Waals surface area contributed by atoms with Crippen LogP contribution in [0.15, 0.2) is 29.6 Å². The normalized spacial score (nSPS) is 11.6. The lowest BCUT2D eigenvalue weighted by molar-refractivity contribution is -0.130. The minimum Gasteiger partial charge on any atom is -0.494 e. The van der Waals surface area contributed by atoms with Gasteiger partial charge in [0.25, 0.3) is 0 Å². The van der Waals surface area contributed by atoms with Crippen LogP contribution in [0, 0.1) is 11.3 Å². The minimum atomic E-state index is -0.0910. The summed E-state index contributed by atoms with van der Waals surface area (Å²) in [4.78, 5) is 18.4. The Balaban J connectivity index is 2.02. The fourth-order valence-electron chi connectivity index (χ4n) is 2.18. The number of rotatable bonds is 7. The second kappa shape index (κ2) is 8.46. The fraction of sp³-hybridized carbons (Fsp3) is 0.389. The first-order valence-electron chi connectivity index (χ1n) is 7.85. The van der Waals surface area contributed by atoms with Crippen LogP contribution in [-0.4, -0.2) is 35.5 Å². The molecule has 1 heterocycles. The van der Waals surface area contributed by atoms with Gasteiger partial charge in [0.05, 0.1) is 31.2 Å². The second-order valence-corrected chi connectivity index (χ2v) is 6.35. The van der Waals surface area contributed by atoms with Crippen LogP contribution < -0.4 is 4.74 Å². The predicted molar refractivity (Wildman–Crippen MR) is 94.9 cm³/mol. The quantitative estimate of drug-likeness (QED) is 0.771. The molecule has 5 nitrogen and oxygen atoms in total. The Bertz CT molecular complexity index is 719. The maximum atomic E-state index is 12.3. The minimum absolute atomic E-state index is 0.0266. The van der Waals surface area contributed by atoms with Gasteiger partial charge in [0, 0.05) is 24.0 Å². The number of hydrogen-bond acceptors (Lipinski definition) is 5. The van der Waals surface area contributed by atoms with Crippen molar-refractivity contribution in [3.8, 4) is 22.4 Å². The van der Waals surface area contributed by atoms with Crippen molar-refractivity contribution < 1.29 is 9.53 Å². The highest BCUT2D eigenvalue weighted by atomic mass is 32.1. The molecule has 0 aliphatic rings. The Morgan fingerprint density at radius 3 is 2.75 bits per heavy atom. The number of likely N-dealkylation sites (N-methyl/N-ethyl adjacent to an activating group) is 1. The zero-order chi connectivity index (χ0) is 17.5. The molecule has 1 aromatic carbocycles. The van der Waals surface area contributed by atoms with Crippen LogP contribution in [0.5, 0.6) is 5.75 Å². The molecular formula is C18H21N3O2S. The molecule has 0 unspecified atom stereocenters. The van der Waals surface area contributed by atoms with Gasteiger partial charge < -0.3 is 9.64 Å². The van der Waals surface area contributed by atoms with Crippen LogP contribution in [0.4, 0.5) is 0 Å². The lowest BCUT2D eigenvalue weighted by atomic mass is 10.2. The molecule has 0 fully saturated rings. The number of ether oxygens (including phenoxy) is 1. The van der Waals surface area contributed by atoms with E-state index in [9.17, 15) is 4.79 Å². The summed E-state index contributed by atoms with van der Waals surface area (Å²) in [5.74, 6) is 0.808.